The molecule has 0 radical (unpaired) electrons. The highest BCUT2D eigenvalue weighted by molar-refractivity contribution is 5.83. The van der Waals surface area contributed by atoms with Crippen molar-refractivity contribution in [1.82, 2.24) is 20.1 Å². The van der Waals surface area contributed by atoms with Gasteiger partial charge in [0.15, 0.2) is 0 Å². The summed E-state index contributed by atoms with van der Waals surface area (Å²) in [5.74, 6) is 1.48. The molecular weight excluding hydrogens is 388 g/mol. The van der Waals surface area contributed by atoms with Crippen molar-refractivity contribution in [1.29, 1.82) is 0 Å². The summed E-state index contributed by atoms with van der Waals surface area (Å²) in [5.41, 5.74) is 2.43. The molecule has 2 saturated heterocycles. The number of rotatable bonds is 8. The van der Waals surface area contributed by atoms with Crippen LogP contribution in [0.4, 0.5) is 0 Å². The highest BCUT2D eigenvalue weighted by Gasteiger charge is 2.32. The maximum atomic E-state index is 13.1. The highest BCUT2D eigenvalue weighted by Crippen LogP contribution is 2.24. The smallest absolute Gasteiger partial charge is 0.224 e. The second kappa shape index (κ2) is 10.6. The zero-order chi connectivity index (χ0) is 21.6. The Morgan fingerprint density at radius 2 is 2.00 bits per heavy atom. The summed E-state index contributed by atoms with van der Waals surface area (Å²) in [6.45, 7) is 13.1. The number of likely N-dealkylation sites (tertiary alicyclic amines) is 1. The maximum Gasteiger partial charge on any atom is 0.224 e. The van der Waals surface area contributed by atoms with Crippen LogP contribution in [0.3, 0.4) is 0 Å². The summed E-state index contributed by atoms with van der Waals surface area (Å²) in [4.78, 5) is 21.4. The predicted octanol–water partition coefficient (Wildman–Crippen LogP) is 2.75. The number of hydrogen-bond donors (Lipinski definition) is 2. The van der Waals surface area contributed by atoms with Crippen LogP contribution in [0.1, 0.15) is 25.8 Å². The number of amides is 1. The van der Waals surface area contributed by atoms with Gasteiger partial charge in [-0.05, 0) is 36.3 Å². The SMILES string of the molecule is CC(C)CN1C[C@@H](CN2CCOCC2)C[C@@H](C(=O)NCCc2c[nH]c3ccccc23)C1. The molecule has 2 aliphatic heterocycles. The summed E-state index contributed by atoms with van der Waals surface area (Å²) in [6.07, 6.45) is 3.92. The monoisotopic (exact) mass is 426 g/mol. The lowest BCUT2D eigenvalue weighted by molar-refractivity contribution is -0.127. The number of piperidine rings is 1. The summed E-state index contributed by atoms with van der Waals surface area (Å²) < 4.78 is 5.51. The molecule has 1 aromatic carbocycles. The zero-order valence-electron chi connectivity index (χ0n) is 19.1. The highest BCUT2D eigenvalue weighted by atomic mass is 16.5. The van der Waals surface area contributed by atoms with Crippen LogP contribution in [0.2, 0.25) is 0 Å². The Bertz CT molecular complexity index is 843. The van der Waals surface area contributed by atoms with Gasteiger partial charge in [0.1, 0.15) is 0 Å². The number of carbonyl (C=O) groups excluding carboxylic acids is 1. The Morgan fingerprint density at radius 1 is 1.19 bits per heavy atom. The zero-order valence-corrected chi connectivity index (χ0v) is 19.1. The van der Waals surface area contributed by atoms with Crippen molar-refractivity contribution in [3.05, 3.63) is 36.0 Å². The average molecular weight is 427 g/mol. The summed E-state index contributed by atoms with van der Waals surface area (Å²) in [5, 5.41) is 4.49. The Balaban J connectivity index is 1.32. The molecule has 31 heavy (non-hydrogen) atoms. The van der Waals surface area contributed by atoms with Crippen molar-refractivity contribution >= 4 is 16.8 Å². The third-order valence-electron chi connectivity index (χ3n) is 6.60. The molecule has 170 valence electrons. The third-order valence-corrected chi connectivity index (χ3v) is 6.60. The van der Waals surface area contributed by atoms with E-state index in [1.807, 2.05) is 6.07 Å². The fourth-order valence-electron chi connectivity index (χ4n) is 5.24. The molecule has 6 heteroatoms. The van der Waals surface area contributed by atoms with Gasteiger partial charge in [0, 0.05) is 62.9 Å². The van der Waals surface area contributed by atoms with Crippen molar-refractivity contribution in [2.45, 2.75) is 26.7 Å². The van der Waals surface area contributed by atoms with Gasteiger partial charge in [0.05, 0.1) is 19.1 Å². The van der Waals surface area contributed by atoms with Crippen LogP contribution in [-0.4, -0.2) is 79.7 Å². The van der Waals surface area contributed by atoms with E-state index in [1.165, 1.54) is 10.9 Å². The Labute approximate surface area is 186 Å². The Morgan fingerprint density at radius 3 is 2.81 bits per heavy atom. The van der Waals surface area contributed by atoms with Crippen LogP contribution < -0.4 is 5.32 Å². The number of H-pyrrole nitrogens is 1. The number of para-hydroxylation sites is 1. The van der Waals surface area contributed by atoms with Gasteiger partial charge in [-0.3, -0.25) is 9.69 Å². The van der Waals surface area contributed by atoms with Crippen LogP contribution in [0.15, 0.2) is 30.5 Å². The van der Waals surface area contributed by atoms with Gasteiger partial charge in [-0.25, -0.2) is 0 Å². The van der Waals surface area contributed by atoms with Gasteiger partial charge in [-0.15, -0.1) is 0 Å². The van der Waals surface area contributed by atoms with Crippen LogP contribution in [0.5, 0.6) is 0 Å². The first kappa shape index (κ1) is 22.3. The molecule has 2 aliphatic rings. The minimum atomic E-state index is 0.0847. The van der Waals surface area contributed by atoms with Gasteiger partial charge < -0.3 is 19.9 Å². The number of nitrogens with one attached hydrogen (secondary N) is 2. The molecule has 3 heterocycles. The number of fused-ring (bicyclic) bond motifs is 1. The molecule has 2 atom stereocenters. The van der Waals surface area contributed by atoms with E-state index in [9.17, 15) is 4.79 Å². The Hall–Kier alpha value is -1.89. The lowest BCUT2D eigenvalue weighted by Crippen LogP contribution is -2.51. The van der Waals surface area contributed by atoms with Crippen LogP contribution >= 0.6 is 0 Å². The number of aromatic nitrogens is 1. The largest absolute Gasteiger partial charge is 0.379 e. The molecular formula is C25H38N4O2. The van der Waals surface area contributed by atoms with Gasteiger partial charge in [-0.2, -0.15) is 0 Å². The number of benzene rings is 1. The number of carbonyl (C=O) groups is 1. The van der Waals surface area contributed by atoms with E-state index in [2.05, 4.69) is 58.3 Å². The molecule has 2 aromatic rings. The lowest BCUT2D eigenvalue weighted by Gasteiger charge is -2.40. The number of nitrogens with zero attached hydrogens (tertiary/aromatic N) is 2. The summed E-state index contributed by atoms with van der Waals surface area (Å²) in [6, 6.07) is 8.35. The fourth-order valence-corrected chi connectivity index (χ4v) is 5.24. The molecule has 2 N–H and O–H groups in total. The topological polar surface area (TPSA) is 60.6 Å². The first-order valence-corrected chi connectivity index (χ1v) is 11.9. The van der Waals surface area contributed by atoms with Crippen molar-refractivity contribution in [3.8, 4) is 0 Å². The first-order valence-electron chi connectivity index (χ1n) is 11.9. The summed E-state index contributed by atoms with van der Waals surface area (Å²) >= 11 is 0. The van der Waals surface area contributed by atoms with E-state index >= 15 is 0 Å². The normalized spacial score (nSPS) is 23.5. The van der Waals surface area contributed by atoms with Crippen molar-refractivity contribution in [2.75, 3.05) is 59.0 Å². The number of ether oxygens (including phenoxy) is 1. The Kier molecular flexibility index (Phi) is 7.64. The number of hydrogen-bond acceptors (Lipinski definition) is 4. The standard InChI is InChI=1S/C25H38N4O2/c1-19(2)15-29-17-20(16-28-9-11-31-12-10-28)13-22(18-29)25(30)26-8-7-21-14-27-24-6-4-3-5-23(21)24/h3-6,14,19-20,22,27H,7-13,15-18H2,1-2H3,(H,26,30)/t20-,22-/m1/s1. The first-order chi connectivity index (χ1) is 15.1. The molecule has 1 amide bonds. The molecule has 4 rings (SSSR count). The number of aromatic amines is 1. The fraction of sp³-hybridized carbons (Fsp3) is 0.640. The van der Waals surface area contributed by atoms with Crippen molar-refractivity contribution in [3.63, 3.8) is 0 Å². The van der Waals surface area contributed by atoms with Crippen LogP contribution in [-0.2, 0) is 16.0 Å². The van der Waals surface area contributed by atoms with Gasteiger partial charge >= 0.3 is 0 Å². The molecule has 0 spiro atoms. The quantitative estimate of drug-likeness (QED) is 0.681. The second-order valence-electron chi connectivity index (χ2n) is 9.72. The molecule has 2 fully saturated rings. The molecule has 0 unspecified atom stereocenters. The minimum absolute atomic E-state index is 0.0847. The molecule has 1 aromatic heterocycles. The van der Waals surface area contributed by atoms with E-state index in [4.69, 9.17) is 4.74 Å². The van der Waals surface area contributed by atoms with Crippen LogP contribution in [0, 0.1) is 17.8 Å². The summed E-state index contributed by atoms with van der Waals surface area (Å²) in [7, 11) is 0. The predicted molar refractivity (Wildman–Crippen MR) is 125 cm³/mol. The van der Waals surface area contributed by atoms with E-state index in [0.717, 1.165) is 70.8 Å². The van der Waals surface area contributed by atoms with Gasteiger partial charge in [-0.1, -0.05) is 32.0 Å². The minimum Gasteiger partial charge on any atom is -0.379 e. The second-order valence-corrected chi connectivity index (χ2v) is 9.72. The molecule has 0 aliphatic carbocycles. The van der Waals surface area contributed by atoms with Crippen molar-refractivity contribution in [2.24, 2.45) is 17.8 Å². The van der Waals surface area contributed by atoms with E-state index < -0.39 is 0 Å². The van der Waals surface area contributed by atoms with Crippen LogP contribution in [0.25, 0.3) is 10.9 Å². The van der Waals surface area contributed by atoms with E-state index in [1.54, 1.807) is 0 Å². The molecule has 6 nitrogen and oxygen atoms in total. The third kappa shape index (κ3) is 6.09. The van der Waals surface area contributed by atoms with Gasteiger partial charge in [0.25, 0.3) is 0 Å². The number of morpholine rings is 1. The molecule has 0 saturated carbocycles. The molecule has 0 bridgehead atoms. The van der Waals surface area contributed by atoms with E-state index in [0.29, 0.717) is 18.4 Å². The maximum absolute atomic E-state index is 13.1. The average Bonchev–Trinajstić information content (AvgIpc) is 3.17. The van der Waals surface area contributed by atoms with Gasteiger partial charge in [0.2, 0.25) is 5.91 Å². The van der Waals surface area contributed by atoms with Crippen molar-refractivity contribution < 1.29 is 9.53 Å². The lowest BCUT2D eigenvalue weighted by atomic mass is 9.87. The van der Waals surface area contributed by atoms with E-state index in [-0.39, 0.29) is 11.8 Å².